The minimum atomic E-state index is 0.615. The molecule has 3 N–H and O–H groups in total. The van der Waals surface area contributed by atoms with Crippen molar-refractivity contribution in [3.63, 3.8) is 0 Å². The summed E-state index contributed by atoms with van der Waals surface area (Å²) in [4.78, 5) is 0. The van der Waals surface area contributed by atoms with E-state index in [2.05, 4.69) is 17.1 Å². The van der Waals surface area contributed by atoms with Crippen LogP contribution in [0.2, 0.25) is 0 Å². The second-order valence-corrected chi connectivity index (χ2v) is 3.76. The van der Waals surface area contributed by atoms with Crippen molar-refractivity contribution in [2.24, 2.45) is 5.92 Å². The summed E-state index contributed by atoms with van der Waals surface area (Å²) in [6.45, 7) is 2.30. The van der Waals surface area contributed by atoms with Crippen molar-refractivity contribution in [2.45, 2.75) is 32.1 Å². The molecule has 0 saturated heterocycles. The maximum atomic E-state index is 5.55. The number of hydrogen-bond acceptors (Lipinski definition) is 2. The van der Waals surface area contributed by atoms with E-state index in [0.29, 0.717) is 11.7 Å². The van der Waals surface area contributed by atoms with Gasteiger partial charge in [-0.1, -0.05) is 19.8 Å². The SMILES string of the molecule is CC1CCCC1c1cc(N)n[nH]1. The minimum absolute atomic E-state index is 0.615. The van der Waals surface area contributed by atoms with E-state index >= 15 is 0 Å². The fourth-order valence-electron chi connectivity index (χ4n) is 2.15. The van der Waals surface area contributed by atoms with Gasteiger partial charge in [-0.2, -0.15) is 5.10 Å². The summed E-state index contributed by atoms with van der Waals surface area (Å²) in [5.74, 6) is 2.06. The standard InChI is InChI=1S/C9H15N3/c1-6-3-2-4-7(6)8-5-9(10)12-11-8/h5-7H,2-4H2,1H3,(H3,10,11,12). The normalized spacial score (nSPS) is 29.4. The number of anilines is 1. The Hall–Kier alpha value is -0.990. The molecule has 0 amide bonds. The number of H-pyrrole nitrogens is 1. The number of nitrogens with one attached hydrogen (secondary N) is 1. The lowest BCUT2D eigenvalue weighted by Gasteiger charge is -2.11. The molecular weight excluding hydrogens is 150 g/mol. The molecule has 2 rings (SSSR count). The molecule has 0 aliphatic heterocycles. The molecule has 1 aliphatic carbocycles. The van der Waals surface area contributed by atoms with Crippen LogP contribution in [0.5, 0.6) is 0 Å². The molecule has 1 heterocycles. The van der Waals surface area contributed by atoms with Gasteiger partial charge in [-0.05, 0) is 12.3 Å². The van der Waals surface area contributed by atoms with Gasteiger partial charge in [-0.15, -0.1) is 0 Å². The molecule has 0 aromatic carbocycles. The van der Waals surface area contributed by atoms with Gasteiger partial charge in [0.1, 0.15) is 5.82 Å². The lowest BCUT2D eigenvalue weighted by Crippen LogP contribution is -2.01. The molecule has 3 nitrogen and oxygen atoms in total. The van der Waals surface area contributed by atoms with Gasteiger partial charge in [0.05, 0.1) is 0 Å². The third kappa shape index (κ3) is 1.19. The highest BCUT2D eigenvalue weighted by Crippen LogP contribution is 2.38. The first-order valence-electron chi connectivity index (χ1n) is 4.58. The zero-order valence-electron chi connectivity index (χ0n) is 7.38. The Morgan fingerprint density at radius 1 is 1.58 bits per heavy atom. The molecule has 2 atom stereocenters. The topological polar surface area (TPSA) is 54.7 Å². The number of nitrogens with two attached hydrogens (primary N) is 1. The quantitative estimate of drug-likeness (QED) is 0.667. The number of rotatable bonds is 1. The molecule has 0 spiro atoms. The van der Waals surface area contributed by atoms with E-state index in [0.717, 1.165) is 5.92 Å². The van der Waals surface area contributed by atoms with E-state index in [1.807, 2.05) is 6.07 Å². The van der Waals surface area contributed by atoms with Crippen LogP contribution in [-0.4, -0.2) is 10.2 Å². The Morgan fingerprint density at radius 3 is 2.92 bits per heavy atom. The summed E-state index contributed by atoms with van der Waals surface area (Å²) in [6, 6.07) is 1.96. The molecule has 1 aliphatic rings. The fourth-order valence-corrected chi connectivity index (χ4v) is 2.15. The zero-order chi connectivity index (χ0) is 8.55. The van der Waals surface area contributed by atoms with Crippen molar-refractivity contribution >= 4 is 5.82 Å². The highest BCUT2D eigenvalue weighted by atomic mass is 15.2. The van der Waals surface area contributed by atoms with Crippen LogP contribution in [0.15, 0.2) is 6.07 Å². The Labute approximate surface area is 72.4 Å². The van der Waals surface area contributed by atoms with Crippen LogP contribution < -0.4 is 5.73 Å². The summed E-state index contributed by atoms with van der Waals surface area (Å²) >= 11 is 0. The van der Waals surface area contributed by atoms with Crippen molar-refractivity contribution in [3.8, 4) is 0 Å². The Bertz CT molecular complexity index is 266. The van der Waals surface area contributed by atoms with Crippen molar-refractivity contribution < 1.29 is 0 Å². The Balaban J connectivity index is 2.19. The molecule has 66 valence electrons. The molecule has 3 heteroatoms. The second-order valence-electron chi connectivity index (χ2n) is 3.76. The molecule has 1 fully saturated rings. The highest BCUT2D eigenvalue weighted by Gasteiger charge is 2.25. The molecule has 1 saturated carbocycles. The summed E-state index contributed by atoms with van der Waals surface area (Å²) in [5.41, 5.74) is 6.77. The number of aromatic amines is 1. The van der Waals surface area contributed by atoms with E-state index in [9.17, 15) is 0 Å². The lowest BCUT2D eigenvalue weighted by molar-refractivity contribution is 0.521. The second kappa shape index (κ2) is 2.81. The monoisotopic (exact) mass is 165 g/mol. The third-order valence-corrected chi connectivity index (χ3v) is 2.88. The Morgan fingerprint density at radius 2 is 2.42 bits per heavy atom. The van der Waals surface area contributed by atoms with Crippen LogP contribution in [0.3, 0.4) is 0 Å². The first kappa shape index (κ1) is 7.65. The minimum Gasteiger partial charge on any atom is -0.382 e. The van der Waals surface area contributed by atoms with Gasteiger partial charge in [0, 0.05) is 17.7 Å². The molecule has 2 unspecified atom stereocenters. The zero-order valence-corrected chi connectivity index (χ0v) is 7.38. The van der Waals surface area contributed by atoms with Crippen LogP contribution >= 0.6 is 0 Å². The van der Waals surface area contributed by atoms with E-state index in [-0.39, 0.29) is 0 Å². The van der Waals surface area contributed by atoms with Crippen LogP contribution in [0.25, 0.3) is 0 Å². The van der Waals surface area contributed by atoms with Gasteiger partial charge >= 0.3 is 0 Å². The third-order valence-electron chi connectivity index (χ3n) is 2.88. The van der Waals surface area contributed by atoms with Gasteiger partial charge < -0.3 is 5.73 Å². The van der Waals surface area contributed by atoms with Crippen LogP contribution in [0.4, 0.5) is 5.82 Å². The fraction of sp³-hybridized carbons (Fsp3) is 0.667. The van der Waals surface area contributed by atoms with Crippen LogP contribution in [-0.2, 0) is 0 Å². The predicted octanol–water partition coefficient (Wildman–Crippen LogP) is 1.90. The van der Waals surface area contributed by atoms with E-state index in [1.54, 1.807) is 0 Å². The van der Waals surface area contributed by atoms with Crippen LogP contribution in [0, 0.1) is 5.92 Å². The summed E-state index contributed by atoms with van der Waals surface area (Å²) in [6.07, 6.45) is 3.96. The van der Waals surface area contributed by atoms with Crippen molar-refractivity contribution in [1.29, 1.82) is 0 Å². The first-order valence-corrected chi connectivity index (χ1v) is 4.58. The molecule has 1 aromatic rings. The molecule has 0 radical (unpaired) electrons. The van der Waals surface area contributed by atoms with Gasteiger partial charge in [0.2, 0.25) is 0 Å². The van der Waals surface area contributed by atoms with Gasteiger partial charge in [-0.25, -0.2) is 0 Å². The maximum Gasteiger partial charge on any atom is 0.145 e. The molecular formula is C9H15N3. The predicted molar refractivity (Wildman–Crippen MR) is 48.8 cm³/mol. The number of aromatic nitrogens is 2. The molecule has 1 aromatic heterocycles. The van der Waals surface area contributed by atoms with E-state index in [1.165, 1.54) is 25.0 Å². The van der Waals surface area contributed by atoms with Crippen molar-refractivity contribution in [3.05, 3.63) is 11.8 Å². The maximum absolute atomic E-state index is 5.55. The number of nitrogen functional groups attached to an aromatic ring is 1. The van der Waals surface area contributed by atoms with Gasteiger partial charge in [0.25, 0.3) is 0 Å². The lowest BCUT2D eigenvalue weighted by atomic mass is 9.95. The smallest absolute Gasteiger partial charge is 0.145 e. The number of hydrogen-bond donors (Lipinski definition) is 2. The average Bonchev–Trinajstić information content (AvgIpc) is 2.58. The summed E-state index contributed by atoms with van der Waals surface area (Å²) in [7, 11) is 0. The van der Waals surface area contributed by atoms with Crippen molar-refractivity contribution in [1.82, 2.24) is 10.2 Å². The van der Waals surface area contributed by atoms with Gasteiger partial charge in [0.15, 0.2) is 0 Å². The van der Waals surface area contributed by atoms with Gasteiger partial charge in [-0.3, -0.25) is 5.10 Å². The van der Waals surface area contributed by atoms with E-state index in [4.69, 9.17) is 5.73 Å². The largest absolute Gasteiger partial charge is 0.382 e. The first-order chi connectivity index (χ1) is 5.77. The van der Waals surface area contributed by atoms with Crippen molar-refractivity contribution in [2.75, 3.05) is 5.73 Å². The van der Waals surface area contributed by atoms with Crippen LogP contribution in [0.1, 0.15) is 37.8 Å². The molecule has 0 bridgehead atoms. The Kier molecular flexibility index (Phi) is 1.79. The van der Waals surface area contributed by atoms with E-state index < -0.39 is 0 Å². The average molecular weight is 165 g/mol. The highest BCUT2D eigenvalue weighted by molar-refractivity contribution is 5.30. The molecule has 12 heavy (non-hydrogen) atoms. The summed E-state index contributed by atoms with van der Waals surface area (Å²) in [5, 5.41) is 6.95. The summed E-state index contributed by atoms with van der Waals surface area (Å²) < 4.78 is 0. The number of nitrogens with zero attached hydrogens (tertiary/aromatic N) is 1.